The van der Waals surface area contributed by atoms with Crippen molar-refractivity contribution in [3.8, 4) is 5.75 Å². The van der Waals surface area contributed by atoms with Gasteiger partial charge in [0.25, 0.3) is 5.91 Å². The molecule has 5 nitrogen and oxygen atoms in total. The SMILES string of the molecule is COc1ccc(C)cc1NC(=O)C(OC(=O)Cc1ccc(Br)cc1)c1ccccc1. The molecule has 1 atom stereocenters. The molecule has 0 heterocycles. The highest BCUT2D eigenvalue weighted by molar-refractivity contribution is 9.10. The minimum Gasteiger partial charge on any atom is -0.495 e. The van der Waals surface area contributed by atoms with Gasteiger partial charge in [0.2, 0.25) is 6.10 Å². The molecule has 30 heavy (non-hydrogen) atoms. The van der Waals surface area contributed by atoms with Gasteiger partial charge in [0.15, 0.2) is 0 Å². The molecule has 0 aliphatic heterocycles. The van der Waals surface area contributed by atoms with Crippen molar-refractivity contribution in [2.75, 3.05) is 12.4 Å². The molecule has 0 spiro atoms. The maximum atomic E-state index is 13.1. The van der Waals surface area contributed by atoms with Crippen LogP contribution in [0.5, 0.6) is 5.75 Å². The fraction of sp³-hybridized carbons (Fsp3) is 0.167. The molecule has 3 rings (SSSR count). The highest BCUT2D eigenvalue weighted by Gasteiger charge is 2.26. The number of nitrogens with one attached hydrogen (secondary N) is 1. The number of hydrogen-bond donors (Lipinski definition) is 1. The topological polar surface area (TPSA) is 64.6 Å². The lowest BCUT2D eigenvalue weighted by Crippen LogP contribution is -2.26. The van der Waals surface area contributed by atoms with Gasteiger partial charge in [-0.3, -0.25) is 9.59 Å². The van der Waals surface area contributed by atoms with E-state index in [-0.39, 0.29) is 6.42 Å². The van der Waals surface area contributed by atoms with E-state index in [9.17, 15) is 9.59 Å². The van der Waals surface area contributed by atoms with E-state index in [4.69, 9.17) is 9.47 Å². The summed E-state index contributed by atoms with van der Waals surface area (Å²) in [7, 11) is 1.53. The van der Waals surface area contributed by atoms with Crippen molar-refractivity contribution < 1.29 is 19.1 Å². The Morgan fingerprint density at radius 3 is 2.37 bits per heavy atom. The van der Waals surface area contributed by atoms with E-state index in [0.717, 1.165) is 15.6 Å². The third-order valence-corrected chi connectivity index (χ3v) is 4.99. The van der Waals surface area contributed by atoms with Crippen molar-refractivity contribution in [2.24, 2.45) is 0 Å². The number of esters is 1. The zero-order valence-electron chi connectivity index (χ0n) is 16.7. The van der Waals surface area contributed by atoms with Gasteiger partial charge in [0, 0.05) is 10.0 Å². The second-order valence-corrected chi connectivity index (χ2v) is 7.69. The minimum atomic E-state index is -1.08. The molecule has 0 bridgehead atoms. The summed E-state index contributed by atoms with van der Waals surface area (Å²) in [6.45, 7) is 1.92. The van der Waals surface area contributed by atoms with Crippen LogP contribution in [0.15, 0.2) is 77.3 Å². The van der Waals surface area contributed by atoms with E-state index >= 15 is 0 Å². The van der Waals surface area contributed by atoms with Crippen molar-refractivity contribution in [1.29, 1.82) is 0 Å². The first-order valence-corrected chi connectivity index (χ1v) is 10.2. The van der Waals surface area contributed by atoms with E-state index < -0.39 is 18.0 Å². The van der Waals surface area contributed by atoms with Crippen molar-refractivity contribution >= 4 is 33.5 Å². The zero-order valence-corrected chi connectivity index (χ0v) is 18.3. The first kappa shape index (κ1) is 21.6. The molecule has 0 saturated heterocycles. The summed E-state index contributed by atoms with van der Waals surface area (Å²) in [4.78, 5) is 25.7. The molecule has 0 aromatic heterocycles. The molecule has 154 valence electrons. The van der Waals surface area contributed by atoms with Crippen LogP contribution in [0.25, 0.3) is 0 Å². The zero-order chi connectivity index (χ0) is 21.5. The first-order valence-electron chi connectivity index (χ1n) is 9.40. The Kier molecular flexibility index (Phi) is 7.25. The summed E-state index contributed by atoms with van der Waals surface area (Å²) in [6, 6.07) is 21.8. The lowest BCUT2D eigenvalue weighted by atomic mass is 10.1. The largest absolute Gasteiger partial charge is 0.495 e. The van der Waals surface area contributed by atoms with Gasteiger partial charge < -0.3 is 14.8 Å². The first-order chi connectivity index (χ1) is 14.5. The van der Waals surface area contributed by atoms with Crippen LogP contribution in [0.3, 0.4) is 0 Å². The Morgan fingerprint density at radius 1 is 1.00 bits per heavy atom. The lowest BCUT2D eigenvalue weighted by Gasteiger charge is -2.19. The van der Waals surface area contributed by atoms with Crippen LogP contribution >= 0.6 is 15.9 Å². The fourth-order valence-electron chi connectivity index (χ4n) is 2.96. The molecule has 3 aromatic rings. The molecule has 1 N–H and O–H groups in total. The summed E-state index contributed by atoms with van der Waals surface area (Å²) in [5, 5.41) is 2.83. The maximum Gasteiger partial charge on any atom is 0.311 e. The van der Waals surface area contributed by atoms with E-state index in [1.165, 1.54) is 7.11 Å². The van der Waals surface area contributed by atoms with Gasteiger partial charge in [-0.15, -0.1) is 0 Å². The predicted molar refractivity (Wildman–Crippen MR) is 119 cm³/mol. The number of halogens is 1. The molecule has 1 unspecified atom stereocenters. The number of rotatable bonds is 7. The quantitative estimate of drug-likeness (QED) is 0.483. The van der Waals surface area contributed by atoms with Crippen LogP contribution in [0, 0.1) is 6.92 Å². The number of carbonyl (C=O) groups is 2. The molecule has 1 amide bonds. The third-order valence-electron chi connectivity index (χ3n) is 4.46. The number of carbonyl (C=O) groups excluding carboxylic acids is 2. The molecule has 0 aliphatic carbocycles. The number of anilines is 1. The number of hydrogen-bond acceptors (Lipinski definition) is 4. The Labute approximate surface area is 184 Å². The van der Waals surface area contributed by atoms with Gasteiger partial charge >= 0.3 is 5.97 Å². The van der Waals surface area contributed by atoms with Crippen molar-refractivity contribution in [3.05, 3.63) is 94.0 Å². The van der Waals surface area contributed by atoms with Gasteiger partial charge in [-0.05, 0) is 42.3 Å². The number of methoxy groups -OCH3 is 1. The smallest absolute Gasteiger partial charge is 0.311 e. The molecule has 0 radical (unpaired) electrons. The maximum absolute atomic E-state index is 13.1. The second-order valence-electron chi connectivity index (χ2n) is 6.78. The Balaban J connectivity index is 1.80. The fourth-order valence-corrected chi connectivity index (χ4v) is 3.22. The number of ether oxygens (including phenoxy) is 2. The highest BCUT2D eigenvalue weighted by Crippen LogP contribution is 2.28. The Hall–Kier alpha value is -3.12. The molecular formula is C24H22BrNO4. The molecule has 0 aliphatic rings. The predicted octanol–water partition coefficient (Wildman–Crippen LogP) is 5.23. The van der Waals surface area contributed by atoms with Crippen molar-refractivity contribution in [2.45, 2.75) is 19.4 Å². The van der Waals surface area contributed by atoms with Crippen molar-refractivity contribution in [3.63, 3.8) is 0 Å². The summed E-state index contributed by atoms with van der Waals surface area (Å²) in [6.07, 6.45) is -1.02. The van der Waals surface area contributed by atoms with Crippen LogP contribution in [-0.2, 0) is 20.7 Å². The highest BCUT2D eigenvalue weighted by atomic mass is 79.9. The van der Waals surface area contributed by atoms with Gasteiger partial charge in [0.1, 0.15) is 5.75 Å². The third kappa shape index (κ3) is 5.70. The summed E-state index contributed by atoms with van der Waals surface area (Å²) >= 11 is 3.37. The van der Waals surface area contributed by atoms with E-state index in [1.54, 1.807) is 30.3 Å². The van der Waals surface area contributed by atoms with E-state index in [0.29, 0.717) is 17.0 Å². The summed E-state index contributed by atoms with van der Waals surface area (Å²) in [5.74, 6) is -0.409. The van der Waals surface area contributed by atoms with E-state index in [1.807, 2.05) is 49.4 Å². The average Bonchev–Trinajstić information content (AvgIpc) is 2.74. The standard InChI is InChI=1S/C24H22BrNO4/c1-16-8-13-21(29-2)20(14-16)26-24(28)23(18-6-4-3-5-7-18)30-22(27)15-17-9-11-19(25)12-10-17/h3-14,23H,15H2,1-2H3,(H,26,28). The van der Waals surface area contributed by atoms with Crippen LogP contribution in [0.2, 0.25) is 0 Å². The second kappa shape index (κ2) is 10.1. The molecule has 0 fully saturated rings. The van der Waals surface area contributed by atoms with Crippen molar-refractivity contribution in [1.82, 2.24) is 0 Å². The monoisotopic (exact) mass is 467 g/mol. The van der Waals surface area contributed by atoms with Crippen LogP contribution < -0.4 is 10.1 Å². The van der Waals surface area contributed by atoms with Gasteiger partial charge in [-0.2, -0.15) is 0 Å². The van der Waals surface area contributed by atoms with Crippen LogP contribution in [0.4, 0.5) is 5.69 Å². The molecule has 3 aromatic carbocycles. The average molecular weight is 468 g/mol. The molecule has 6 heteroatoms. The minimum absolute atomic E-state index is 0.0671. The Bertz CT molecular complexity index is 1020. The van der Waals surface area contributed by atoms with Gasteiger partial charge in [-0.25, -0.2) is 0 Å². The number of aryl methyl sites for hydroxylation is 1. The number of benzene rings is 3. The molecular weight excluding hydrogens is 446 g/mol. The van der Waals surface area contributed by atoms with Gasteiger partial charge in [0.05, 0.1) is 19.2 Å². The van der Waals surface area contributed by atoms with Crippen LogP contribution in [-0.4, -0.2) is 19.0 Å². The number of amides is 1. The summed E-state index contributed by atoms with van der Waals surface area (Å²) < 4.78 is 11.9. The lowest BCUT2D eigenvalue weighted by molar-refractivity contribution is -0.154. The van der Waals surface area contributed by atoms with Crippen LogP contribution in [0.1, 0.15) is 22.8 Å². The molecule has 0 saturated carbocycles. The Morgan fingerprint density at radius 2 is 1.70 bits per heavy atom. The summed E-state index contributed by atoms with van der Waals surface area (Å²) in [5.41, 5.74) is 2.88. The van der Waals surface area contributed by atoms with E-state index in [2.05, 4.69) is 21.2 Å². The van der Waals surface area contributed by atoms with Gasteiger partial charge in [-0.1, -0.05) is 64.5 Å². The normalized spacial score (nSPS) is 11.4.